The van der Waals surface area contributed by atoms with Crippen LogP contribution in [0.2, 0.25) is 5.02 Å². The molecule has 2 atom stereocenters. The van der Waals surface area contributed by atoms with Gasteiger partial charge in [0.25, 0.3) is 5.91 Å². The second-order valence-corrected chi connectivity index (χ2v) is 6.97. The first-order valence-corrected chi connectivity index (χ1v) is 8.64. The summed E-state index contributed by atoms with van der Waals surface area (Å²) in [5.41, 5.74) is 4.80. The molecular weight excluding hydrogens is 344 g/mol. The van der Waals surface area contributed by atoms with Crippen molar-refractivity contribution in [3.8, 4) is 0 Å². The summed E-state index contributed by atoms with van der Waals surface area (Å²) in [4.78, 5) is 35.2. The number of nitrogens with one attached hydrogen (secondary N) is 2. The lowest BCUT2D eigenvalue weighted by atomic mass is 9.85. The highest BCUT2D eigenvalue weighted by molar-refractivity contribution is 6.33. The van der Waals surface area contributed by atoms with Gasteiger partial charge in [0.05, 0.1) is 10.6 Å². The maximum absolute atomic E-state index is 12.0. The quantitative estimate of drug-likeness (QED) is 0.686. The molecule has 1 aromatic rings. The molecule has 1 rings (SSSR count). The Morgan fingerprint density at radius 3 is 2.28 bits per heavy atom. The van der Waals surface area contributed by atoms with Crippen LogP contribution in [0.5, 0.6) is 0 Å². The lowest BCUT2D eigenvalue weighted by Gasteiger charge is -2.25. The second kappa shape index (κ2) is 10.0. The minimum atomic E-state index is -1.15. The van der Waals surface area contributed by atoms with Crippen molar-refractivity contribution >= 4 is 29.4 Å². The van der Waals surface area contributed by atoms with E-state index in [2.05, 4.69) is 10.9 Å². The lowest BCUT2D eigenvalue weighted by Crippen LogP contribution is -2.43. The number of carbonyl (C=O) groups is 3. The third kappa shape index (κ3) is 7.13. The van der Waals surface area contributed by atoms with Gasteiger partial charge in [-0.1, -0.05) is 50.9 Å². The van der Waals surface area contributed by atoms with Gasteiger partial charge in [-0.15, -0.1) is 0 Å². The number of hydrogen-bond donors (Lipinski definition) is 2. The Hall–Kier alpha value is -2.08. The van der Waals surface area contributed by atoms with E-state index < -0.39 is 29.6 Å². The maximum atomic E-state index is 12.0. The molecule has 0 bridgehead atoms. The van der Waals surface area contributed by atoms with E-state index in [0.29, 0.717) is 12.3 Å². The zero-order chi connectivity index (χ0) is 19.0. The largest absolute Gasteiger partial charge is 0.550 e. The minimum absolute atomic E-state index is 0.0282. The van der Waals surface area contributed by atoms with Gasteiger partial charge in [-0.3, -0.25) is 20.4 Å². The van der Waals surface area contributed by atoms with Crippen molar-refractivity contribution in [1.29, 1.82) is 0 Å². The SMILES string of the molecule is CC(C)CC[C@H](C(=O)[O-])[C@H](C)CC(=O)NNC(=O)c1ccccc1Cl. The van der Waals surface area contributed by atoms with E-state index in [0.717, 1.165) is 6.42 Å². The number of amides is 2. The third-order valence-electron chi connectivity index (χ3n) is 3.99. The summed E-state index contributed by atoms with van der Waals surface area (Å²) in [5.74, 6) is -2.89. The monoisotopic (exact) mass is 367 g/mol. The molecule has 0 spiro atoms. The van der Waals surface area contributed by atoms with Crippen LogP contribution in [0.25, 0.3) is 0 Å². The number of benzene rings is 1. The van der Waals surface area contributed by atoms with Crippen LogP contribution in [-0.2, 0) is 9.59 Å². The van der Waals surface area contributed by atoms with Gasteiger partial charge in [-0.25, -0.2) is 0 Å². The number of carboxylic acids is 1. The standard InChI is InChI=1S/C18H25ClN2O4/c1-11(2)8-9-13(18(24)25)12(3)10-16(22)20-21-17(23)14-6-4-5-7-15(14)19/h4-7,11-13H,8-10H2,1-3H3,(H,20,22)(H,21,23)(H,24,25)/p-1/t12-,13+/m1/s1. The van der Waals surface area contributed by atoms with E-state index >= 15 is 0 Å². The number of carbonyl (C=O) groups excluding carboxylic acids is 3. The van der Waals surface area contributed by atoms with Crippen molar-refractivity contribution in [2.75, 3.05) is 0 Å². The number of carboxylic acid groups (broad SMARTS) is 1. The Morgan fingerprint density at radius 2 is 1.72 bits per heavy atom. The van der Waals surface area contributed by atoms with Gasteiger partial charge in [0.1, 0.15) is 0 Å². The first-order chi connectivity index (χ1) is 11.7. The molecule has 138 valence electrons. The highest BCUT2D eigenvalue weighted by Gasteiger charge is 2.22. The summed E-state index contributed by atoms with van der Waals surface area (Å²) in [6.45, 7) is 5.71. The fraction of sp³-hybridized carbons (Fsp3) is 0.500. The highest BCUT2D eigenvalue weighted by atomic mass is 35.5. The summed E-state index contributed by atoms with van der Waals surface area (Å²) in [6, 6.07) is 6.45. The normalized spacial score (nSPS) is 13.2. The molecule has 0 unspecified atom stereocenters. The predicted octanol–water partition coefficient (Wildman–Crippen LogP) is 1.93. The summed E-state index contributed by atoms with van der Waals surface area (Å²) in [7, 11) is 0. The average molecular weight is 368 g/mol. The summed E-state index contributed by atoms with van der Waals surface area (Å²) in [5, 5.41) is 11.6. The smallest absolute Gasteiger partial charge is 0.271 e. The Kier molecular flexibility index (Phi) is 8.41. The van der Waals surface area contributed by atoms with Gasteiger partial charge in [-0.05, 0) is 30.4 Å². The highest BCUT2D eigenvalue weighted by Crippen LogP contribution is 2.22. The molecule has 0 heterocycles. The van der Waals surface area contributed by atoms with Crippen molar-refractivity contribution in [2.24, 2.45) is 17.8 Å². The van der Waals surface area contributed by atoms with Crippen LogP contribution in [0.4, 0.5) is 0 Å². The number of halogens is 1. The molecule has 0 radical (unpaired) electrons. The first kappa shape index (κ1) is 21.0. The van der Waals surface area contributed by atoms with E-state index in [1.54, 1.807) is 25.1 Å². The van der Waals surface area contributed by atoms with Crippen molar-refractivity contribution in [3.05, 3.63) is 34.9 Å². The number of rotatable bonds is 8. The van der Waals surface area contributed by atoms with Crippen molar-refractivity contribution in [1.82, 2.24) is 10.9 Å². The second-order valence-electron chi connectivity index (χ2n) is 6.56. The molecule has 7 heteroatoms. The van der Waals surface area contributed by atoms with Gasteiger partial charge < -0.3 is 9.90 Å². The topological polar surface area (TPSA) is 98.3 Å². The van der Waals surface area contributed by atoms with Crippen LogP contribution in [0, 0.1) is 17.8 Å². The zero-order valence-electron chi connectivity index (χ0n) is 14.7. The summed E-state index contributed by atoms with van der Waals surface area (Å²) >= 11 is 5.91. The van der Waals surface area contributed by atoms with Crippen LogP contribution in [0.15, 0.2) is 24.3 Å². The molecule has 2 N–H and O–H groups in total. The molecule has 0 aliphatic carbocycles. The zero-order valence-corrected chi connectivity index (χ0v) is 15.4. The van der Waals surface area contributed by atoms with E-state index in [9.17, 15) is 19.5 Å². The van der Waals surface area contributed by atoms with Crippen LogP contribution >= 0.6 is 11.6 Å². The molecule has 0 fully saturated rings. The molecule has 0 saturated heterocycles. The molecule has 0 aliphatic heterocycles. The van der Waals surface area contributed by atoms with Gasteiger partial charge in [0, 0.05) is 18.3 Å². The molecule has 6 nitrogen and oxygen atoms in total. The van der Waals surface area contributed by atoms with Gasteiger partial charge >= 0.3 is 0 Å². The molecule has 0 aliphatic rings. The predicted molar refractivity (Wildman–Crippen MR) is 93.4 cm³/mol. The average Bonchev–Trinajstić information content (AvgIpc) is 2.52. The van der Waals surface area contributed by atoms with Crippen LogP contribution < -0.4 is 16.0 Å². The molecule has 25 heavy (non-hydrogen) atoms. The van der Waals surface area contributed by atoms with Crippen LogP contribution in [-0.4, -0.2) is 17.8 Å². The van der Waals surface area contributed by atoms with Gasteiger partial charge in [-0.2, -0.15) is 0 Å². The summed E-state index contributed by atoms with van der Waals surface area (Å²) < 4.78 is 0. The van der Waals surface area contributed by atoms with E-state index in [4.69, 9.17) is 11.6 Å². The fourth-order valence-electron chi connectivity index (χ4n) is 2.47. The van der Waals surface area contributed by atoms with Gasteiger partial charge in [0.2, 0.25) is 5.91 Å². The Morgan fingerprint density at radius 1 is 1.08 bits per heavy atom. The lowest BCUT2D eigenvalue weighted by molar-refractivity contribution is -0.313. The first-order valence-electron chi connectivity index (χ1n) is 8.27. The molecule has 0 saturated carbocycles. The summed E-state index contributed by atoms with van der Waals surface area (Å²) in [6.07, 6.45) is 1.17. The number of aliphatic carboxylic acids is 1. The van der Waals surface area contributed by atoms with Crippen LogP contribution in [0.1, 0.15) is 50.4 Å². The van der Waals surface area contributed by atoms with Gasteiger partial charge in [0.15, 0.2) is 0 Å². The maximum Gasteiger partial charge on any atom is 0.271 e. The van der Waals surface area contributed by atoms with Crippen molar-refractivity contribution in [3.63, 3.8) is 0 Å². The molecule has 0 aromatic heterocycles. The number of hydrogen-bond acceptors (Lipinski definition) is 4. The minimum Gasteiger partial charge on any atom is -0.550 e. The number of hydrazine groups is 1. The van der Waals surface area contributed by atoms with E-state index in [1.807, 2.05) is 13.8 Å². The molecule has 1 aromatic carbocycles. The van der Waals surface area contributed by atoms with E-state index in [1.165, 1.54) is 6.07 Å². The van der Waals surface area contributed by atoms with Crippen LogP contribution in [0.3, 0.4) is 0 Å². The van der Waals surface area contributed by atoms with Crippen molar-refractivity contribution in [2.45, 2.75) is 40.0 Å². The van der Waals surface area contributed by atoms with Crippen molar-refractivity contribution < 1.29 is 19.5 Å². The Balaban J connectivity index is 2.53. The third-order valence-corrected chi connectivity index (χ3v) is 4.32. The van der Waals surface area contributed by atoms with E-state index in [-0.39, 0.29) is 17.0 Å². The molecular formula is C18H24ClN2O4-. The fourth-order valence-corrected chi connectivity index (χ4v) is 2.69. The molecule has 2 amide bonds. The Bertz CT molecular complexity index is 619. The Labute approximate surface area is 152 Å².